The summed E-state index contributed by atoms with van der Waals surface area (Å²) >= 11 is 0. The topological polar surface area (TPSA) is 132 Å². The van der Waals surface area contributed by atoms with E-state index in [1.54, 1.807) is 0 Å². The van der Waals surface area contributed by atoms with Gasteiger partial charge in [0.05, 0.1) is 13.1 Å². The van der Waals surface area contributed by atoms with Gasteiger partial charge < -0.3 is 9.11 Å². The average molecular weight is 607 g/mol. The molecule has 0 aliphatic carbocycles. The molecule has 10 nitrogen and oxygen atoms in total. The van der Waals surface area contributed by atoms with E-state index in [1.807, 2.05) is 34.9 Å². The third-order valence-corrected chi connectivity index (χ3v) is 12.9. The van der Waals surface area contributed by atoms with Gasteiger partial charge in [0.2, 0.25) is 0 Å². The minimum atomic E-state index is -5.17. The van der Waals surface area contributed by atoms with Crippen molar-refractivity contribution in [3.05, 3.63) is 24.8 Å². The molecular weight excluding hydrogens is 558 g/mol. The first kappa shape index (κ1) is 34.0. The molecule has 0 amide bonds. The summed E-state index contributed by atoms with van der Waals surface area (Å²) in [5, 5.41) is 0. The van der Waals surface area contributed by atoms with Crippen LogP contribution in [-0.4, -0.2) is 38.5 Å². The molecule has 2 unspecified atom stereocenters. The maximum atomic E-state index is 12.2. The van der Waals surface area contributed by atoms with E-state index in [-0.39, 0.29) is 0 Å². The minimum absolute atomic E-state index is 0.777. The predicted octanol–water partition coefficient (Wildman–Crippen LogP) is 4.50. The Balaban J connectivity index is 0.000000234. The third kappa shape index (κ3) is 9.96. The Morgan fingerprint density at radius 3 is 1.23 bits per heavy atom. The molecule has 2 atom stereocenters. The maximum Gasteiger partial charge on any atom is 0.363 e. The molecule has 0 radical (unpaired) electrons. The van der Waals surface area contributed by atoms with Gasteiger partial charge >= 0.3 is 25.7 Å². The Kier molecular flexibility index (Phi) is 13.6. The summed E-state index contributed by atoms with van der Waals surface area (Å²) in [6.07, 6.45) is 25.5. The van der Waals surface area contributed by atoms with Gasteiger partial charge in [0.1, 0.15) is 24.8 Å². The molecule has 0 fully saturated rings. The molecule has 4 heterocycles. The van der Waals surface area contributed by atoms with Gasteiger partial charge in [-0.25, -0.2) is 9.13 Å². The fraction of sp³-hybridized carbons (Fsp3) is 0.769. The predicted molar refractivity (Wildman–Crippen MR) is 153 cm³/mol. The number of imidazole rings is 2. The summed E-state index contributed by atoms with van der Waals surface area (Å²) in [5.41, 5.74) is 2.18. The number of hydrogen-bond donors (Lipinski definition) is 0. The van der Waals surface area contributed by atoms with Crippen molar-refractivity contribution in [2.24, 2.45) is 0 Å². The average Bonchev–Trinajstić information content (AvgIpc) is 3.42. The molecule has 2 aromatic heterocycles. The smallest absolute Gasteiger partial charge is 0.363 e. The zero-order valence-electron chi connectivity index (χ0n) is 24.2. The van der Waals surface area contributed by atoms with Crippen molar-refractivity contribution < 1.29 is 35.8 Å². The van der Waals surface area contributed by atoms with Crippen LogP contribution in [0, 0.1) is 0 Å². The molecule has 4 rings (SSSR count). The minimum Gasteiger partial charge on any atom is -0.759 e. The number of unbranched alkanes of at least 4 members (excludes halogenated alkanes) is 10. The Labute approximate surface area is 235 Å². The monoisotopic (exact) mass is 606 g/mol. The van der Waals surface area contributed by atoms with Crippen molar-refractivity contribution in [3.63, 3.8) is 0 Å². The Hall–Kier alpha value is -1.25. The molecule has 0 aromatic carbocycles. The van der Waals surface area contributed by atoms with Crippen molar-refractivity contribution in [2.75, 3.05) is 12.3 Å². The number of aryl methyl sites for hydroxylation is 2. The van der Waals surface area contributed by atoms with Crippen molar-refractivity contribution in [2.45, 2.75) is 118 Å². The van der Waals surface area contributed by atoms with Crippen LogP contribution in [0.15, 0.2) is 24.8 Å². The molecule has 0 bridgehead atoms. The Morgan fingerprint density at radius 1 is 0.641 bits per heavy atom. The van der Waals surface area contributed by atoms with Crippen molar-refractivity contribution in [3.8, 4) is 0 Å². The standard InChI is InChI=1S/2C13H24N2OP.H2O4S/c2*1-3-5-6-7-8-9-10-14-11-12-15-13(14)17(15,16)4-2;1-5(2,3)4/h2*11-12H,3-10H2,1-2H3;(H2,1,2,3,4)/q2*+1;/p-2. The number of nitrogens with zero attached hydrogens (tertiary/aromatic N) is 4. The molecule has 0 saturated carbocycles. The van der Waals surface area contributed by atoms with Crippen LogP contribution >= 0.6 is 14.6 Å². The Bertz CT molecular complexity index is 1150. The molecule has 39 heavy (non-hydrogen) atoms. The second kappa shape index (κ2) is 15.7. The molecule has 2 aliphatic heterocycles. The zero-order chi connectivity index (χ0) is 29.1. The molecule has 13 heteroatoms. The van der Waals surface area contributed by atoms with Crippen molar-refractivity contribution >= 4 is 36.1 Å². The van der Waals surface area contributed by atoms with Gasteiger partial charge in [0.15, 0.2) is 0 Å². The van der Waals surface area contributed by atoms with E-state index < -0.39 is 25.0 Å². The lowest BCUT2D eigenvalue weighted by Crippen LogP contribution is -2.41. The second-order valence-corrected chi connectivity index (χ2v) is 16.8. The summed E-state index contributed by atoms with van der Waals surface area (Å²) in [5.74, 6) is 0. The Morgan fingerprint density at radius 2 is 0.949 bits per heavy atom. The van der Waals surface area contributed by atoms with Crippen LogP contribution in [0.2, 0.25) is 0 Å². The van der Waals surface area contributed by atoms with Crippen LogP contribution < -0.4 is 20.3 Å². The highest BCUT2D eigenvalue weighted by Gasteiger charge is 2.59. The zero-order valence-corrected chi connectivity index (χ0v) is 26.8. The van der Waals surface area contributed by atoms with E-state index in [0.717, 1.165) is 36.5 Å². The van der Waals surface area contributed by atoms with Gasteiger partial charge in [0, 0.05) is 22.7 Å². The second-order valence-electron chi connectivity index (χ2n) is 10.3. The molecule has 2 aliphatic rings. The maximum absolute atomic E-state index is 12.2. The highest BCUT2D eigenvalue weighted by Crippen LogP contribution is 2.56. The number of rotatable bonds is 16. The summed E-state index contributed by atoms with van der Waals surface area (Å²) in [4.78, 5) is 0. The van der Waals surface area contributed by atoms with Gasteiger partial charge in [0.25, 0.3) is 0 Å². The van der Waals surface area contributed by atoms with Crippen LogP contribution in [0.25, 0.3) is 0 Å². The number of fused-ring (bicyclic) bond motifs is 2. The first-order valence-corrected chi connectivity index (χ1v) is 19.6. The summed E-state index contributed by atoms with van der Waals surface area (Å²) in [6, 6.07) is 0. The van der Waals surface area contributed by atoms with E-state index in [0.29, 0.717) is 0 Å². The number of hydrogen-bond acceptors (Lipinski definition) is 6. The van der Waals surface area contributed by atoms with Gasteiger partial charge in [-0.3, -0.25) is 17.5 Å². The molecule has 0 N–H and O–H groups in total. The van der Waals surface area contributed by atoms with Crippen LogP contribution in [-0.2, 0) is 32.6 Å². The lowest BCUT2D eigenvalue weighted by atomic mass is 10.1. The first-order valence-electron chi connectivity index (χ1n) is 14.6. The molecule has 0 spiro atoms. The highest BCUT2D eigenvalue weighted by atomic mass is 32.3. The van der Waals surface area contributed by atoms with E-state index in [4.69, 9.17) is 17.5 Å². The van der Waals surface area contributed by atoms with Gasteiger partial charge in [-0.2, -0.15) is 8.68 Å². The molecular formula is C26H48N4O6P2S. The van der Waals surface area contributed by atoms with Gasteiger partial charge in [-0.05, 0) is 25.7 Å². The largest absolute Gasteiger partial charge is 0.759 e. The lowest BCUT2D eigenvalue weighted by molar-refractivity contribution is -0.677. The fourth-order valence-electron chi connectivity index (χ4n) is 4.97. The van der Waals surface area contributed by atoms with Crippen LogP contribution in [0.4, 0.5) is 0 Å². The lowest BCUT2D eigenvalue weighted by Gasteiger charge is -2.06. The van der Waals surface area contributed by atoms with E-state index in [1.165, 1.54) is 77.0 Å². The van der Waals surface area contributed by atoms with Crippen LogP contribution in [0.3, 0.4) is 0 Å². The van der Waals surface area contributed by atoms with Crippen molar-refractivity contribution in [1.29, 1.82) is 0 Å². The normalized spacial score (nSPS) is 20.3. The summed E-state index contributed by atoms with van der Waals surface area (Å²) in [6.45, 7) is 10.6. The third-order valence-electron chi connectivity index (χ3n) is 7.30. The van der Waals surface area contributed by atoms with Crippen LogP contribution in [0.1, 0.15) is 105 Å². The van der Waals surface area contributed by atoms with Crippen LogP contribution in [0.5, 0.6) is 0 Å². The SMILES string of the molecule is CCCCCCCC[n+]1ccn2c1P2(=O)CC.CCCCCCCC[n+]1ccn2c1P2(=O)CC.O=S(=O)([O-])[O-]. The molecule has 224 valence electrons. The van der Waals surface area contributed by atoms with E-state index in [2.05, 4.69) is 35.4 Å². The van der Waals surface area contributed by atoms with E-state index >= 15 is 0 Å². The number of aromatic nitrogens is 4. The van der Waals surface area contributed by atoms with Gasteiger partial charge in [-0.1, -0.05) is 79.1 Å². The van der Waals surface area contributed by atoms with Gasteiger partial charge in [-0.15, -0.1) is 0 Å². The fourth-order valence-corrected chi connectivity index (χ4v) is 9.75. The van der Waals surface area contributed by atoms with Crippen molar-refractivity contribution in [1.82, 2.24) is 8.68 Å². The highest BCUT2D eigenvalue weighted by molar-refractivity contribution is 7.79. The quantitative estimate of drug-likeness (QED) is 0.0909. The molecule has 2 aromatic rings. The van der Waals surface area contributed by atoms with E-state index in [9.17, 15) is 9.13 Å². The molecule has 0 saturated heterocycles. The summed E-state index contributed by atoms with van der Waals surface area (Å²) < 4.78 is 66.9. The summed E-state index contributed by atoms with van der Waals surface area (Å²) in [7, 11) is -9.26. The first-order chi connectivity index (χ1) is 18.5.